The molecule has 1 aromatic carbocycles. The summed E-state index contributed by atoms with van der Waals surface area (Å²) in [6.45, 7) is 9.39. The lowest BCUT2D eigenvalue weighted by atomic mass is 9.96. The molecule has 1 aromatic rings. The molecule has 1 heterocycles. The van der Waals surface area contributed by atoms with Crippen LogP contribution in [0.5, 0.6) is 0 Å². The van der Waals surface area contributed by atoms with Crippen molar-refractivity contribution in [2.24, 2.45) is 5.92 Å². The lowest BCUT2D eigenvalue weighted by molar-refractivity contribution is -0.147. The van der Waals surface area contributed by atoms with Gasteiger partial charge < -0.3 is 20.3 Å². The summed E-state index contributed by atoms with van der Waals surface area (Å²) < 4.78 is 5.26. The molecule has 0 aromatic heterocycles. The predicted octanol–water partition coefficient (Wildman–Crippen LogP) is 3.31. The Morgan fingerprint density at radius 1 is 1.21 bits per heavy atom. The van der Waals surface area contributed by atoms with Crippen LogP contribution >= 0.6 is 12.2 Å². The molecular formula is C25H37N3O4S. The zero-order valence-electron chi connectivity index (χ0n) is 20.2. The van der Waals surface area contributed by atoms with E-state index in [9.17, 15) is 14.4 Å². The highest BCUT2D eigenvalue weighted by molar-refractivity contribution is 7.80. The molecule has 2 atom stereocenters. The van der Waals surface area contributed by atoms with Gasteiger partial charge in [0.15, 0.2) is 5.11 Å². The van der Waals surface area contributed by atoms with Gasteiger partial charge in [-0.1, -0.05) is 57.9 Å². The van der Waals surface area contributed by atoms with Crippen LogP contribution in [0.4, 0.5) is 0 Å². The standard InChI is InChI=1S/C25H37N3O4S/c1-5-6-7-14-32-22(29)16-21-24(31)26-12-13-28(21)25(33)27-23(30)18(4)20-10-8-19(9-11-20)15-17(2)3/h8-11,17-18,21H,5-7,12-16H2,1-4H3,(H,26,31)(H,27,30,33). The predicted molar refractivity (Wildman–Crippen MR) is 133 cm³/mol. The minimum Gasteiger partial charge on any atom is -0.466 e. The Morgan fingerprint density at radius 3 is 2.55 bits per heavy atom. The Kier molecular flexibility index (Phi) is 10.8. The van der Waals surface area contributed by atoms with Crippen molar-refractivity contribution in [2.75, 3.05) is 19.7 Å². The van der Waals surface area contributed by atoms with Crippen LogP contribution in [0.1, 0.15) is 70.4 Å². The van der Waals surface area contributed by atoms with Crippen molar-refractivity contribution in [3.05, 3.63) is 35.4 Å². The highest BCUT2D eigenvalue weighted by Crippen LogP contribution is 2.18. The first kappa shape index (κ1) is 26.8. The second kappa shape index (κ2) is 13.3. The molecule has 1 fully saturated rings. The summed E-state index contributed by atoms with van der Waals surface area (Å²) in [5, 5.41) is 5.68. The van der Waals surface area contributed by atoms with Crippen molar-refractivity contribution in [3.8, 4) is 0 Å². The fourth-order valence-electron chi connectivity index (χ4n) is 3.77. The van der Waals surface area contributed by atoms with Crippen LogP contribution in [0.25, 0.3) is 0 Å². The van der Waals surface area contributed by atoms with Gasteiger partial charge in [-0.3, -0.25) is 14.4 Å². The van der Waals surface area contributed by atoms with Crippen molar-refractivity contribution < 1.29 is 19.1 Å². The number of hydrogen-bond donors (Lipinski definition) is 2. The molecule has 7 nitrogen and oxygen atoms in total. The number of hydrogen-bond acceptors (Lipinski definition) is 5. The molecule has 0 radical (unpaired) electrons. The minimum atomic E-state index is -0.796. The summed E-state index contributed by atoms with van der Waals surface area (Å²) in [6.07, 6.45) is 3.70. The van der Waals surface area contributed by atoms with Crippen molar-refractivity contribution in [1.82, 2.24) is 15.5 Å². The van der Waals surface area contributed by atoms with Gasteiger partial charge in [0.2, 0.25) is 11.8 Å². The van der Waals surface area contributed by atoms with Crippen LogP contribution in [0.3, 0.4) is 0 Å². The Hall–Kier alpha value is -2.48. The van der Waals surface area contributed by atoms with Crippen LogP contribution in [0.2, 0.25) is 0 Å². The molecule has 0 saturated carbocycles. The molecule has 0 spiro atoms. The van der Waals surface area contributed by atoms with E-state index in [4.69, 9.17) is 17.0 Å². The molecule has 2 N–H and O–H groups in total. The molecule has 1 aliphatic heterocycles. The molecule has 8 heteroatoms. The molecule has 2 rings (SSSR count). The number of benzene rings is 1. The Morgan fingerprint density at radius 2 is 1.91 bits per heavy atom. The van der Waals surface area contributed by atoms with Crippen molar-refractivity contribution in [3.63, 3.8) is 0 Å². The lowest BCUT2D eigenvalue weighted by Gasteiger charge is -2.36. The number of nitrogens with zero attached hydrogens (tertiary/aromatic N) is 1. The first-order chi connectivity index (χ1) is 15.7. The van der Waals surface area contributed by atoms with Gasteiger partial charge in [-0.15, -0.1) is 0 Å². The number of amides is 2. The van der Waals surface area contributed by atoms with Gasteiger partial charge in [0.25, 0.3) is 0 Å². The van der Waals surface area contributed by atoms with E-state index in [1.165, 1.54) is 5.56 Å². The third kappa shape index (κ3) is 8.42. The molecule has 1 aliphatic rings. The van der Waals surface area contributed by atoms with Crippen molar-refractivity contribution in [1.29, 1.82) is 0 Å². The second-order valence-corrected chi connectivity index (χ2v) is 9.37. The van der Waals surface area contributed by atoms with Crippen LogP contribution in [0.15, 0.2) is 24.3 Å². The van der Waals surface area contributed by atoms with Gasteiger partial charge in [0.05, 0.1) is 18.9 Å². The fraction of sp³-hybridized carbons (Fsp3) is 0.600. The zero-order chi connectivity index (χ0) is 24.4. The number of carbonyl (C=O) groups is 3. The summed E-state index contributed by atoms with van der Waals surface area (Å²) >= 11 is 5.45. The monoisotopic (exact) mass is 475 g/mol. The third-order valence-electron chi connectivity index (χ3n) is 5.71. The van der Waals surface area contributed by atoms with E-state index >= 15 is 0 Å². The lowest BCUT2D eigenvalue weighted by Crippen LogP contribution is -2.60. The van der Waals surface area contributed by atoms with Gasteiger partial charge in [0.1, 0.15) is 6.04 Å². The minimum absolute atomic E-state index is 0.110. The molecule has 2 unspecified atom stereocenters. The third-order valence-corrected chi connectivity index (χ3v) is 6.05. The average molecular weight is 476 g/mol. The number of thiocarbonyl (C=S) groups is 1. The molecule has 33 heavy (non-hydrogen) atoms. The highest BCUT2D eigenvalue weighted by Gasteiger charge is 2.34. The second-order valence-electron chi connectivity index (χ2n) is 8.99. The number of unbranched alkanes of at least 4 members (excludes halogenated alkanes) is 2. The normalized spacial score (nSPS) is 16.8. The molecular weight excluding hydrogens is 438 g/mol. The number of nitrogens with one attached hydrogen (secondary N) is 2. The molecule has 0 bridgehead atoms. The number of rotatable bonds is 10. The van der Waals surface area contributed by atoms with Gasteiger partial charge in [-0.25, -0.2) is 0 Å². The quantitative estimate of drug-likeness (QED) is 0.307. The summed E-state index contributed by atoms with van der Waals surface area (Å²) in [7, 11) is 0. The Labute approximate surface area is 202 Å². The van der Waals surface area contributed by atoms with Gasteiger partial charge >= 0.3 is 5.97 Å². The van der Waals surface area contributed by atoms with Gasteiger partial charge in [-0.2, -0.15) is 0 Å². The smallest absolute Gasteiger partial charge is 0.308 e. The van der Waals surface area contributed by atoms with E-state index in [-0.39, 0.29) is 23.3 Å². The molecule has 182 valence electrons. The van der Waals surface area contributed by atoms with Gasteiger partial charge in [0, 0.05) is 13.1 Å². The molecule has 1 saturated heterocycles. The maximum absolute atomic E-state index is 12.9. The SMILES string of the molecule is CCCCCOC(=O)CC1C(=O)NCCN1C(=S)NC(=O)C(C)c1ccc(CC(C)C)cc1. The Balaban J connectivity index is 1.96. The van der Waals surface area contributed by atoms with E-state index in [1.807, 2.05) is 19.1 Å². The largest absolute Gasteiger partial charge is 0.466 e. The first-order valence-electron chi connectivity index (χ1n) is 11.9. The average Bonchev–Trinajstić information content (AvgIpc) is 2.77. The maximum atomic E-state index is 12.9. The van der Waals surface area contributed by atoms with E-state index in [1.54, 1.807) is 4.90 Å². The van der Waals surface area contributed by atoms with Gasteiger partial charge in [-0.05, 0) is 49.0 Å². The van der Waals surface area contributed by atoms with E-state index in [0.29, 0.717) is 25.6 Å². The van der Waals surface area contributed by atoms with E-state index in [0.717, 1.165) is 31.2 Å². The highest BCUT2D eigenvalue weighted by atomic mass is 32.1. The number of ether oxygens (including phenoxy) is 1. The number of esters is 1. The molecule has 2 amide bonds. The maximum Gasteiger partial charge on any atom is 0.308 e. The van der Waals surface area contributed by atoms with E-state index < -0.39 is 17.9 Å². The topological polar surface area (TPSA) is 87.7 Å². The van der Waals surface area contributed by atoms with E-state index in [2.05, 4.69) is 43.5 Å². The summed E-state index contributed by atoms with van der Waals surface area (Å²) in [5.74, 6) is -0.823. The molecule has 0 aliphatic carbocycles. The van der Waals surface area contributed by atoms with Crippen LogP contribution < -0.4 is 10.6 Å². The Bertz CT molecular complexity index is 825. The summed E-state index contributed by atoms with van der Waals surface area (Å²) in [4.78, 5) is 39.1. The summed E-state index contributed by atoms with van der Waals surface area (Å²) in [6, 6.07) is 7.24. The zero-order valence-corrected chi connectivity index (χ0v) is 21.0. The number of carbonyl (C=O) groups excluding carboxylic acids is 3. The fourth-order valence-corrected chi connectivity index (χ4v) is 4.09. The first-order valence-corrected chi connectivity index (χ1v) is 12.3. The van der Waals surface area contributed by atoms with Crippen LogP contribution in [0, 0.1) is 5.92 Å². The van der Waals surface area contributed by atoms with Crippen LogP contribution in [-0.4, -0.2) is 53.5 Å². The summed E-state index contributed by atoms with van der Waals surface area (Å²) in [5.41, 5.74) is 2.13. The van der Waals surface area contributed by atoms with Crippen molar-refractivity contribution >= 4 is 35.1 Å². The van der Waals surface area contributed by atoms with Crippen molar-refractivity contribution in [2.45, 2.75) is 71.8 Å². The number of piperazine rings is 1. The van der Waals surface area contributed by atoms with Crippen LogP contribution in [-0.2, 0) is 25.5 Å².